The van der Waals surface area contributed by atoms with Crippen molar-refractivity contribution < 1.29 is 14.3 Å². The number of methoxy groups -OCH3 is 1. The zero-order valence-electron chi connectivity index (χ0n) is 17.4. The number of ether oxygens (including phenoxy) is 2. The van der Waals surface area contributed by atoms with Crippen LogP contribution in [0.25, 0.3) is 0 Å². The summed E-state index contributed by atoms with van der Waals surface area (Å²) in [5.74, 6) is 2.51. The van der Waals surface area contributed by atoms with E-state index in [1.165, 1.54) is 0 Å². The first-order chi connectivity index (χ1) is 14.2. The number of aliphatic imine (C=N–C) groups is 1. The lowest BCUT2D eigenvalue weighted by Gasteiger charge is -2.18. The predicted octanol–water partition coefficient (Wildman–Crippen LogP) is 2.98. The Kier molecular flexibility index (Phi) is 9.72. The van der Waals surface area contributed by atoms with Crippen molar-refractivity contribution in [2.45, 2.75) is 19.3 Å². The summed E-state index contributed by atoms with van der Waals surface area (Å²) in [5, 5.41) is 9.43. The summed E-state index contributed by atoms with van der Waals surface area (Å²) in [4.78, 5) is 15.7. The van der Waals surface area contributed by atoms with E-state index in [9.17, 15) is 4.79 Å². The molecule has 7 nitrogen and oxygen atoms in total. The first-order valence-corrected chi connectivity index (χ1v) is 9.81. The van der Waals surface area contributed by atoms with Gasteiger partial charge in [0.15, 0.2) is 5.96 Å². The first-order valence-electron chi connectivity index (χ1n) is 9.81. The minimum absolute atomic E-state index is 0. The molecule has 2 aromatic rings. The van der Waals surface area contributed by atoms with Gasteiger partial charge in [-0.15, -0.1) is 24.0 Å². The molecule has 1 amide bonds. The van der Waals surface area contributed by atoms with Crippen molar-refractivity contribution in [2.24, 2.45) is 4.99 Å². The Morgan fingerprint density at radius 3 is 2.73 bits per heavy atom. The highest BCUT2D eigenvalue weighted by molar-refractivity contribution is 14.0. The Bertz CT molecular complexity index is 873. The van der Waals surface area contributed by atoms with E-state index < -0.39 is 0 Å². The van der Waals surface area contributed by atoms with Crippen molar-refractivity contribution in [1.82, 2.24) is 10.6 Å². The number of rotatable bonds is 8. The van der Waals surface area contributed by atoms with Crippen LogP contribution < -0.4 is 25.4 Å². The zero-order chi connectivity index (χ0) is 20.5. The second-order valence-electron chi connectivity index (χ2n) is 6.70. The van der Waals surface area contributed by atoms with E-state index in [2.05, 4.69) is 27.0 Å². The van der Waals surface area contributed by atoms with Gasteiger partial charge in [0.1, 0.15) is 18.1 Å². The summed E-state index contributed by atoms with van der Waals surface area (Å²) >= 11 is 0. The van der Waals surface area contributed by atoms with E-state index in [0.717, 1.165) is 53.7 Å². The van der Waals surface area contributed by atoms with Gasteiger partial charge >= 0.3 is 0 Å². The van der Waals surface area contributed by atoms with Gasteiger partial charge in [0.05, 0.1) is 13.7 Å². The number of carbonyl (C=O) groups is 1. The monoisotopic (exact) mass is 524 g/mol. The van der Waals surface area contributed by atoms with E-state index in [-0.39, 0.29) is 29.9 Å². The number of carbonyl (C=O) groups excluding carboxylic acids is 1. The molecule has 0 atom stereocenters. The van der Waals surface area contributed by atoms with Gasteiger partial charge in [-0.3, -0.25) is 9.79 Å². The van der Waals surface area contributed by atoms with Gasteiger partial charge in [-0.2, -0.15) is 0 Å². The molecule has 162 valence electrons. The second kappa shape index (κ2) is 12.3. The summed E-state index contributed by atoms with van der Waals surface area (Å²) in [5.41, 5.74) is 3.15. The quantitative estimate of drug-likeness (QED) is 0.214. The summed E-state index contributed by atoms with van der Waals surface area (Å²) < 4.78 is 11.2. The number of amides is 1. The largest absolute Gasteiger partial charge is 0.496 e. The molecule has 3 N–H and O–H groups in total. The first kappa shape index (κ1) is 23.8. The fourth-order valence-electron chi connectivity index (χ4n) is 3.23. The molecule has 30 heavy (non-hydrogen) atoms. The van der Waals surface area contributed by atoms with Crippen molar-refractivity contribution in [3.63, 3.8) is 0 Å². The Labute approximate surface area is 194 Å². The fraction of sp³-hybridized carbons (Fsp3) is 0.364. The highest BCUT2D eigenvalue weighted by Crippen LogP contribution is 2.26. The van der Waals surface area contributed by atoms with Gasteiger partial charge in [0.2, 0.25) is 5.91 Å². The second-order valence-corrected chi connectivity index (χ2v) is 6.70. The van der Waals surface area contributed by atoms with Crippen molar-refractivity contribution in [3.8, 4) is 11.5 Å². The third kappa shape index (κ3) is 6.79. The standard InChI is InChI=1S/C22H28N4O3.HI/c1-23-22(24-12-11-16-5-3-4-6-20(16)28-2)25-13-14-29-18-8-9-19-17(15-18)7-10-21(27)26-19;/h3-6,8-9,15H,7,10-14H2,1-2H3,(H,26,27)(H2,23,24,25);1H. The van der Waals surface area contributed by atoms with Crippen molar-refractivity contribution in [1.29, 1.82) is 0 Å². The number of halogens is 1. The van der Waals surface area contributed by atoms with Gasteiger partial charge in [-0.05, 0) is 48.2 Å². The number of hydrogen-bond acceptors (Lipinski definition) is 4. The molecule has 0 saturated carbocycles. The van der Waals surface area contributed by atoms with Crippen LogP contribution in [0.2, 0.25) is 0 Å². The molecule has 1 aliphatic heterocycles. The number of para-hydroxylation sites is 1. The molecule has 0 unspecified atom stereocenters. The van der Waals surface area contributed by atoms with Gasteiger partial charge in [0.25, 0.3) is 0 Å². The molecule has 0 saturated heterocycles. The van der Waals surface area contributed by atoms with Crippen LogP contribution in [0.3, 0.4) is 0 Å². The molecule has 0 bridgehead atoms. The number of benzene rings is 2. The number of aryl methyl sites for hydroxylation is 1. The smallest absolute Gasteiger partial charge is 0.224 e. The average molecular weight is 524 g/mol. The number of nitrogens with one attached hydrogen (secondary N) is 3. The molecule has 0 aromatic heterocycles. The van der Waals surface area contributed by atoms with Crippen LogP contribution in [0.5, 0.6) is 11.5 Å². The minimum Gasteiger partial charge on any atom is -0.496 e. The molecule has 0 radical (unpaired) electrons. The van der Waals surface area contributed by atoms with Gasteiger partial charge in [-0.1, -0.05) is 18.2 Å². The van der Waals surface area contributed by atoms with E-state index in [1.807, 2.05) is 36.4 Å². The van der Waals surface area contributed by atoms with Crippen LogP contribution in [0.4, 0.5) is 5.69 Å². The highest BCUT2D eigenvalue weighted by Gasteiger charge is 2.14. The molecule has 0 aliphatic carbocycles. The van der Waals surface area contributed by atoms with E-state index in [4.69, 9.17) is 9.47 Å². The molecule has 0 fully saturated rings. The number of hydrogen-bond donors (Lipinski definition) is 3. The van der Waals surface area contributed by atoms with Gasteiger partial charge in [-0.25, -0.2) is 0 Å². The highest BCUT2D eigenvalue weighted by atomic mass is 127. The van der Waals surface area contributed by atoms with Crippen LogP contribution in [0, 0.1) is 0 Å². The summed E-state index contributed by atoms with van der Waals surface area (Å²) in [6.07, 6.45) is 2.11. The lowest BCUT2D eigenvalue weighted by molar-refractivity contribution is -0.116. The maximum Gasteiger partial charge on any atom is 0.224 e. The third-order valence-electron chi connectivity index (χ3n) is 4.74. The molecule has 8 heteroatoms. The number of fused-ring (bicyclic) bond motifs is 1. The lowest BCUT2D eigenvalue weighted by Crippen LogP contribution is -2.40. The molecule has 1 aliphatic rings. The van der Waals surface area contributed by atoms with E-state index in [0.29, 0.717) is 19.6 Å². The Balaban J connectivity index is 0.00000320. The number of anilines is 1. The van der Waals surface area contributed by atoms with Crippen LogP contribution in [0.1, 0.15) is 17.5 Å². The van der Waals surface area contributed by atoms with Crippen LogP contribution in [0.15, 0.2) is 47.5 Å². The lowest BCUT2D eigenvalue weighted by atomic mass is 10.0. The summed E-state index contributed by atoms with van der Waals surface area (Å²) in [6, 6.07) is 13.8. The zero-order valence-corrected chi connectivity index (χ0v) is 19.7. The molecular weight excluding hydrogens is 495 g/mol. The average Bonchev–Trinajstić information content (AvgIpc) is 2.75. The van der Waals surface area contributed by atoms with Crippen LogP contribution in [-0.2, 0) is 17.6 Å². The van der Waals surface area contributed by atoms with Crippen LogP contribution in [-0.4, -0.2) is 45.7 Å². The van der Waals surface area contributed by atoms with Gasteiger partial charge in [0, 0.05) is 25.7 Å². The maximum absolute atomic E-state index is 11.4. The molecule has 3 rings (SSSR count). The van der Waals surface area contributed by atoms with E-state index in [1.54, 1.807) is 14.2 Å². The van der Waals surface area contributed by atoms with Crippen molar-refractivity contribution >= 4 is 41.5 Å². The van der Waals surface area contributed by atoms with Crippen LogP contribution >= 0.6 is 24.0 Å². The molecule has 0 spiro atoms. The Hall–Kier alpha value is -2.49. The topological polar surface area (TPSA) is 84.0 Å². The Morgan fingerprint density at radius 1 is 1.13 bits per heavy atom. The SMILES string of the molecule is CN=C(NCCOc1ccc2c(c1)CCC(=O)N2)NCCc1ccccc1OC.I. The van der Waals surface area contributed by atoms with E-state index >= 15 is 0 Å². The van der Waals surface area contributed by atoms with Gasteiger partial charge < -0.3 is 25.4 Å². The third-order valence-corrected chi connectivity index (χ3v) is 4.74. The fourth-order valence-corrected chi connectivity index (χ4v) is 3.23. The summed E-state index contributed by atoms with van der Waals surface area (Å²) in [6.45, 7) is 1.89. The normalized spacial score (nSPS) is 12.9. The molecule has 1 heterocycles. The number of guanidine groups is 1. The maximum atomic E-state index is 11.4. The predicted molar refractivity (Wildman–Crippen MR) is 130 cm³/mol. The molecule has 2 aromatic carbocycles. The van der Waals surface area contributed by atoms with Crippen molar-refractivity contribution in [2.75, 3.05) is 39.2 Å². The summed E-state index contributed by atoms with van der Waals surface area (Å²) in [7, 11) is 3.43. The van der Waals surface area contributed by atoms with Crippen molar-refractivity contribution in [3.05, 3.63) is 53.6 Å². The minimum atomic E-state index is 0. The number of nitrogens with zero attached hydrogens (tertiary/aromatic N) is 1. The Morgan fingerprint density at radius 2 is 1.93 bits per heavy atom. The molecular formula is C22H29IN4O3.